The lowest BCUT2D eigenvalue weighted by Crippen LogP contribution is -2.67. The van der Waals surface area contributed by atoms with Crippen molar-refractivity contribution < 1.29 is 17.9 Å². The normalized spacial score (nSPS) is 22.0. The fourth-order valence-corrected chi connectivity index (χ4v) is 5.22. The number of pyridine rings is 1. The predicted molar refractivity (Wildman–Crippen MR) is 107 cm³/mol. The maximum atomic E-state index is 13.3. The number of nitriles is 1. The van der Waals surface area contributed by atoms with Gasteiger partial charge in [0.15, 0.2) is 5.65 Å². The van der Waals surface area contributed by atoms with Gasteiger partial charge in [-0.2, -0.15) is 18.4 Å². The molecule has 162 valence electrons. The molecule has 0 bridgehead atoms. The number of fused-ring (bicyclic) bond motifs is 1. The number of halogens is 3. The van der Waals surface area contributed by atoms with E-state index in [0.29, 0.717) is 5.65 Å². The van der Waals surface area contributed by atoms with Crippen molar-refractivity contribution in [1.29, 1.82) is 5.26 Å². The molecular formula is C22H21F3N4O2. The number of rotatable bonds is 3. The van der Waals surface area contributed by atoms with Gasteiger partial charge in [-0.15, -0.1) is 5.10 Å². The van der Waals surface area contributed by atoms with Crippen LogP contribution >= 0.6 is 0 Å². The second kappa shape index (κ2) is 6.61. The quantitative estimate of drug-likeness (QED) is 0.616. The Morgan fingerprint density at radius 1 is 1.13 bits per heavy atom. The molecule has 0 atom stereocenters. The smallest absolute Gasteiger partial charge is 0.417 e. The monoisotopic (exact) mass is 430 g/mol. The highest BCUT2D eigenvalue weighted by atomic mass is 19.4. The van der Waals surface area contributed by atoms with E-state index >= 15 is 0 Å². The van der Waals surface area contributed by atoms with Gasteiger partial charge in [0.25, 0.3) is 0 Å². The summed E-state index contributed by atoms with van der Waals surface area (Å²) in [4.78, 5) is 12.9. The molecule has 0 amide bonds. The standard InChI is InChI=1S/C22H21F3N4O2/c1-20(2)17(29-19(30)28-10-6-5-7-16(28)27-29)21(3,4)18(20)31-14-9-8-13(12-26)15(11-14)22(23,24)25/h5-11,17-18H,1-4H3/t17-,18-. The largest absolute Gasteiger partial charge is 0.489 e. The number of alkyl halides is 3. The zero-order chi connectivity index (χ0) is 22.8. The van der Waals surface area contributed by atoms with Gasteiger partial charge < -0.3 is 4.74 Å². The lowest BCUT2D eigenvalue weighted by molar-refractivity contribution is -0.192. The van der Waals surface area contributed by atoms with Crippen LogP contribution in [-0.4, -0.2) is 20.3 Å². The Hall–Kier alpha value is -3.28. The third-order valence-corrected chi connectivity index (χ3v) is 6.13. The van der Waals surface area contributed by atoms with Crippen molar-refractivity contribution in [3.8, 4) is 11.8 Å². The van der Waals surface area contributed by atoms with Gasteiger partial charge in [0, 0.05) is 17.0 Å². The van der Waals surface area contributed by atoms with Crippen molar-refractivity contribution in [2.24, 2.45) is 10.8 Å². The van der Waals surface area contributed by atoms with Crippen LogP contribution in [0.5, 0.6) is 5.75 Å². The van der Waals surface area contributed by atoms with Crippen LogP contribution < -0.4 is 10.4 Å². The molecule has 6 nitrogen and oxygen atoms in total. The minimum absolute atomic E-state index is 0.0262. The predicted octanol–water partition coefficient (Wildman–Crippen LogP) is 4.44. The molecule has 1 aliphatic rings. The summed E-state index contributed by atoms with van der Waals surface area (Å²) in [6.45, 7) is 7.60. The Labute approximate surface area is 176 Å². The van der Waals surface area contributed by atoms with E-state index in [1.165, 1.54) is 15.1 Å². The van der Waals surface area contributed by atoms with E-state index < -0.39 is 34.2 Å². The van der Waals surface area contributed by atoms with Gasteiger partial charge in [0.2, 0.25) is 0 Å². The molecule has 3 aromatic rings. The minimum Gasteiger partial charge on any atom is -0.489 e. The van der Waals surface area contributed by atoms with E-state index in [4.69, 9.17) is 10.00 Å². The molecule has 1 fully saturated rings. The number of hydrogen-bond donors (Lipinski definition) is 0. The van der Waals surface area contributed by atoms with Gasteiger partial charge in [0.1, 0.15) is 11.9 Å². The van der Waals surface area contributed by atoms with Crippen molar-refractivity contribution in [3.05, 3.63) is 64.2 Å². The fourth-order valence-electron chi connectivity index (χ4n) is 5.22. The molecule has 4 rings (SSSR count). The van der Waals surface area contributed by atoms with Crippen LogP contribution in [-0.2, 0) is 6.18 Å². The highest BCUT2D eigenvalue weighted by Gasteiger charge is 2.65. The first-order valence-corrected chi connectivity index (χ1v) is 9.73. The molecule has 9 heteroatoms. The van der Waals surface area contributed by atoms with Gasteiger partial charge in [-0.05, 0) is 30.3 Å². The van der Waals surface area contributed by atoms with E-state index in [0.717, 1.165) is 12.1 Å². The van der Waals surface area contributed by atoms with Gasteiger partial charge in [0.05, 0.1) is 23.2 Å². The number of nitrogens with zero attached hydrogens (tertiary/aromatic N) is 4. The Balaban J connectivity index is 1.70. The fraction of sp³-hybridized carbons (Fsp3) is 0.409. The molecule has 0 radical (unpaired) electrons. The Bertz CT molecular complexity index is 1250. The Morgan fingerprint density at radius 3 is 2.39 bits per heavy atom. The van der Waals surface area contributed by atoms with E-state index in [2.05, 4.69) is 5.10 Å². The van der Waals surface area contributed by atoms with Crippen LogP contribution in [0.15, 0.2) is 47.4 Å². The van der Waals surface area contributed by atoms with Crippen LogP contribution in [0.25, 0.3) is 5.65 Å². The first-order valence-electron chi connectivity index (χ1n) is 9.73. The first kappa shape index (κ1) is 21.0. The molecule has 2 aromatic heterocycles. The van der Waals surface area contributed by atoms with Gasteiger partial charge in [-0.25, -0.2) is 9.48 Å². The minimum atomic E-state index is -4.67. The number of ether oxygens (including phenoxy) is 1. The average molecular weight is 430 g/mol. The summed E-state index contributed by atoms with van der Waals surface area (Å²) in [5, 5.41) is 13.5. The molecule has 0 aliphatic heterocycles. The van der Waals surface area contributed by atoms with Crippen LogP contribution in [0.4, 0.5) is 13.2 Å². The summed E-state index contributed by atoms with van der Waals surface area (Å²) in [6, 6.07) is 9.83. The highest BCUT2D eigenvalue weighted by Crippen LogP contribution is 2.62. The van der Waals surface area contributed by atoms with Crippen molar-refractivity contribution >= 4 is 5.65 Å². The molecule has 1 saturated carbocycles. The van der Waals surface area contributed by atoms with E-state index in [1.807, 2.05) is 27.7 Å². The SMILES string of the molecule is CC1(C)[C@H](Oc2ccc(C#N)c(C(F)(F)F)c2)C(C)(C)[C@H]1n1nc2ccccn2c1=O. The average Bonchev–Trinajstić information content (AvgIpc) is 3.00. The highest BCUT2D eigenvalue weighted by molar-refractivity contribution is 5.44. The zero-order valence-corrected chi connectivity index (χ0v) is 17.4. The summed E-state index contributed by atoms with van der Waals surface area (Å²) in [5.74, 6) is 0.0262. The summed E-state index contributed by atoms with van der Waals surface area (Å²) in [7, 11) is 0. The van der Waals surface area contributed by atoms with Crippen LogP contribution in [0.3, 0.4) is 0 Å². The molecule has 0 spiro atoms. The van der Waals surface area contributed by atoms with E-state index in [-0.39, 0.29) is 17.5 Å². The van der Waals surface area contributed by atoms with Gasteiger partial charge in [-0.3, -0.25) is 4.40 Å². The number of aromatic nitrogens is 3. The van der Waals surface area contributed by atoms with Crippen molar-refractivity contribution in [3.63, 3.8) is 0 Å². The maximum absolute atomic E-state index is 13.3. The second-order valence-electron chi connectivity index (χ2n) is 9.02. The molecule has 0 saturated heterocycles. The summed E-state index contributed by atoms with van der Waals surface area (Å²) >= 11 is 0. The molecule has 0 unspecified atom stereocenters. The van der Waals surface area contributed by atoms with Crippen molar-refractivity contribution in [1.82, 2.24) is 14.2 Å². The number of benzene rings is 1. The van der Waals surface area contributed by atoms with E-state index in [1.54, 1.807) is 30.5 Å². The Morgan fingerprint density at radius 2 is 1.81 bits per heavy atom. The molecule has 0 N–H and O–H groups in total. The topological polar surface area (TPSA) is 72.3 Å². The molecular weight excluding hydrogens is 409 g/mol. The summed E-state index contributed by atoms with van der Waals surface area (Å²) in [5.41, 5.74) is -2.45. The molecule has 2 heterocycles. The maximum Gasteiger partial charge on any atom is 0.417 e. The van der Waals surface area contributed by atoms with E-state index in [9.17, 15) is 18.0 Å². The third kappa shape index (κ3) is 3.09. The lowest BCUT2D eigenvalue weighted by atomic mass is 9.49. The summed E-state index contributed by atoms with van der Waals surface area (Å²) in [6.07, 6.45) is -3.51. The van der Waals surface area contributed by atoms with Crippen molar-refractivity contribution in [2.45, 2.75) is 46.0 Å². The van der Waals surface area contributed by atoms with Gasteiger partial charge in [-0.1, -0.05) is 33.8 Å². The van der Waals surface area contributed by atoms with Crippen LogP contribution in [0.2, 0.25) is 0 Å². The number of hydrogen-bond acceptors (Lipinski definition) is 4. The first-order chi connectivity index (χ1) is 14.4. The second-order valence-corrected chi connectivity index (χ2v) is 9.02. The van der Waals surface area contributed by atoms with Crippen LogP contribution in [0, 0.1) is 22.2 Å². The van der Waals surface area contributed by atoms with Crippen molar-refractivity contribution in [2.75, 3.05) is 0 Å². The lowest BCUT2D eigenvalue weighted by Gasteiger charge is -2.62. The van der Waals surface area contributed by atoms with Gasteiger partial charge >= 0.3 is 11.9 Å². The van der Waals surface area contributed by atoms with Crippen LogP contribution in [0.1, 0.15) is 44.9 Å². The third-order valence-electron chi connectivity index (χ3n) is 6.13. The molecule has 1 aromatic carbocycles. The molecule has 31 heavy (non-hydrogen) atoms. The zero-order valence-electron chi connectivity index (χ0n) is 17.4. The molecule has 1 aliphatic carbocycles. The summed E-state index contributed by atoms with van der Waals surface area (Å²) < 4.78 is 48.9. The Kier molecular flexibility index (Phi) is 4.47.